The van der Waals surface area contributed by atoms with Crippen molar-refractivity contribution >= 4 is 5.91 Å². The van der Waals surface area contributed by atoms with Gasteiger partial charge in [0.05, 0.1) is 18.6 Å². The minimum atomic E-state index is 0.0744. The third kappa shape index (κ3) is 2.14. The summed E-state index contributed by atoms with van der Waals surface area (Å²) in [5.74, 6) is 0.200. The molecule has 2 N–H and O–H groups in total. The van der Waals surface area contributed by atoms with Gasteiger partial charge in [-0.15, -0.1) is 0 Å². The topological polar surface area (TPSA) is 57.8 Å². The van der Waals surface area contributed by atoms with Gasteiger partial charge in [0.15, 0.2) is 0 Å². The second kappa shape index (κ2) is 4.64. The van der Waals surface area contributed by atoms with Crippen molar-refractivity contribution in [1.29, 1.82) is 0 Å². The average Bonchev–Trinajstić information content (AvgIpc) is 3.04. The maximum atomic E-state index is 12.1. The van der Waals surface area contributed by atoms with E-state index < -0.39 is 0 Å². The highest BCUT2D eigenvalue weighted by Crippen LogP contribution is 2.26. The van der Waals surface area contributed by atoms with Gasteiger partial charge in [0.1, 0.15) is 0 Å². The van der Waals surface area contributed by atoms with Crippen molar-refractivity contribution in [2.45, 2.75) is 19.4 Å². The Morgan fingerprint density at radius 2 is 2.06 bits per heavy atom. The molecule has 1 heterocycles. The molecule has 4 nitrogen and oxygen atoms in total. The summed E-state index contributed by atoms with van der Waals surface area (Å²) in [4.78, 5) is 19.0. The summed E-state index contributed by atoms with van der Waals surface area (Å²) in [6.45, 7) is 0.520. The van der Waals surface area contributed by atoms with E-state index in [2.05, 4.69) is 27.4 Å². The third-order valence-electron chi connectivity index (χ3n) is 3.43. The predicted molar refractivity (Wildman–Crippen MR) is 67.8 cm³/mol. The van der Waals surface area contributed by atoms with Gasteiger partial charge in [-0.2, -0.15) is 0 Å². The number of carbonyl (C=O) groups is 1. The fourth-order valence-electron chi connectivity index (χ4n) is 2.45. The van der Waals surface area contributed by atoms with Crippen LogP contribution in [0.15, 0.2) is 36.8 Å². The number of H-pyrrole nitrogens is 1. The van der Waals surface area contributed by atoms with Crippen LogP contribution < -0.4 is 5.32 Å². The number of carbonyl (C=O) groups excluding carboxylic acids is 1. The van der Waals surface area contributed by atoms with Crippen LogP contribution in [0.2, 0.25) is 0 Å². The quantitative estimate of drug-likeness (QED) is 0.854. The summed E-state index contributed by atoms with van der Waals surface area (Å²) < 4.78 is 0. The van der Waals surface area contributed by atoms with Crippen molar-refractivity contribution in [3.8, 4) is 0 Å². The van der Waals surface area contributed by atoms with Crippen LogP contribution in [0.4, 0.5) is 0 Å². The number of hydrogen-bond acceptors (Lipinski definition) is 2. The molecule has 0 atom stereocenters. The summed E-state index contributed by atoms with van der Waals surface area (Å²) in [7, 11) is 0. The maximum Gasteiger partial charge on any atom is 0.224 e. The second-order valence-corrected chi connectivity index (χ2v) is 4.67. The van der Waals surface area contributed by atoms with Gasteiger partial charge in [0.2, 0.25) is 5.91 Å². The largest absolute Gasteiger partial charge is 0.350 e. The molecule has 3 rings (SSSR count). The molecule has 0 bridgehead atoms. The van der Waals surface area contributed by atoms with Gasteiger partial charge in [-0.05, 0) is 24.0 Å². The maximum absolute atomic E-state index is 12.1. The molecule has 18 heavy (non-hydrogen) atoms. The van der Waals surface area contributed by atoms with Crippen molar-refractivity contribution < 1.29 is 4.79 Å². The number of aromatic amines is 1. The highest BCUT2D eigenvalue weighted by atomic mass is 16.1. The number of nitrogens with zero attached hydrogens (tertiary/aromatic N) is 1. The van der Waals surface area contributed by atoms with Crippen LogP contribution in [0.1, 0.15) is 16.8 Å². The lowest BCUT2D eigenvalue weighted by Gasteiger charge is -2.09. The average molecular weight is 241 g/mol. The Hall–Kier alpha value is -2.10. The summed E-state index contributed by atoms with van der Waals surface area (Å²) in [6, 6.07) is 8.28. The molecular weight excluding hydrogens is 226 g/mol. The van der Waals surface area contributed by atoms with Crippen LogP contribution >= 0.6 is 0 Å². The minimum Gasteiger partial charge on any atom is -0.350 e. The van der Waals surface area contributed by atoms with Gasteiger partial charge in [-0.25, -0.2) is 4.98 Å². The van der Waals surface area contributed by atoms with Crippen LogP contribution in [0.25, 0.3) is 0 Å². The lowest BCUT2D eigenvalue weighted by Crippen LogP contribution is -2.30. The molecule has 0 radical (unpaired) electrons. The van der Waals surface area contributed by atoms with Crippen molar-refractivity contribution in [1.82, 2.24) is 15.3 Å². The van der Waals surface area contributed by atoms with E-state index in [1.165, 1.54) is 11.1 Å². The molecule has 0 spiro atoms. The molecule has 0 fully saturated rings. The number of fused-ring (bicyclic) bond motifs is 1. The zero-order valence-electron chi connectivity index (χ0n) is 10.0. The lowest BCUT2D eigenvalue weighted by atomic mass is 10.1. The molecular formula is C14H15N3O. The summed E-state index contributed by atoms with van der Waals surface area (Å²) in [5.41, 5.74) is 3.54. The lowest BCUT2D eigenvalue weighted by molar-refractivity contribution is -0.124. The number of aromatic nitrogens is 2. The van der Waals surface area contributed by atoms with E-state index in [0.29, 0.717) is 6.54 Å². The number of rotatable bonds is 3. The van der Waals surface area contributed by atoms with Gasteiger partial charge >= 0.3 is 0 Å². The zero-order valence-corrected chi connectivity index (χ0v) is 10.0. The minimum absolute atomic E-state index is 0.0744. The number of amides is 1. The highest BCUT2D eigenvalue weighted by molar-refractivity contribution is 5.80. The molecule has 1 aromatic carbocycles. The number of benzene rings is 1. The molecule has 2 aromatic rings. The molecule has 0 saturated heterocycles. The summed E-state index contributed by atoms with van der Waals surface area (Å²) >= 11 is 0. The Kier molecular flexibility index (Phi) is 2.84. The first-order valence-electron chi connectivity index (χ1n) is 6.14. The van der Waals surface area contributed by atoms with E-state index in [0.717, 1.165) is 18.5 Å². The molecule has 0 aliphatic heterocycles. The van der Waals surface area contributed by atoms with Gasteiger partial charge in [-0.1, -0.05) is 24.3 Å². The monoisotopic (exact) mass is 241 g/mol. The molecule has 1 aliphatic carbocycles. The molecule has 92 valence electrons. The van der Waals surface area contributed by atoms with E-state index in [1.807, 2.05) is 12.1 Å². The van der Waals surface area contributed by atoms with Gasteiger partial charge in [-0.3, -0.25) is 4.79 Å². The van der Waals surface area contributed by atoms with Crippen molar-refractivity contribution in [3.63, 3.8) is 0 Å². The summed E-state index contributed by atoms with van der Waals surface area (Å²) in [6.07, 6.45) is 5.05. The van der Waals surface area contributed by atoms with Crippen LogP contribution in [-0.2, 0) is 24.2 Å². The Morgan fingerprint density at radius 1 is 1.33 bits per heavy atom. The Bertz CT molecular complexity index is 523. The van der Waals surface area contributed by atoms with E-state index in [-0.39, 0.29) is 11.8 Å². The zero-order chi connectivity index (χ0) is 12.4. The number of hydrogen-bond donors (Lipinski definition) is 2. The summed E-state index contributed by atoms with van der Waals surface area (Å²) in [5, 5.41) is 2.95. The van der Waals surface area contributed by atoms with E-state index >= 15 is 0 Å². The Morgan fingerprint density at radius 3 is 2.67 bits per heavy atom. The van der Waals surface area contributed by atoms with Crippen molar-refractivity contribution in [3.05, 3.63) is 53.6 Å². The van der Waals surface area contributed by atoms with E-state index in [1.54, 1.807) is 12.5 Å². The first-order valence-corrected chi connectivity index (χ1v) is 6.14. The van der Waals surface area contributed by atoms with E-state index in [9.17, 15) is 4.79 Å². The van der Waals surface area contributed by atoms with E-state index in [4.69, 9.17) is 0 Å². The number of nitrogens with one attached hydrogen (secondary N) is 2. The molecule has 0 saturated carbocycles. The highest BCUT2D eigenvalue weighted by Gasteiger charge is 2.26. The van der Waals surface area contributed by atoms with Crippen molar-refractivity contribution in [2.75, 3.05) is 0 Å². The Labute approximate surface area is 105 Å². The van der Waals surface area contributed by atoms with Gasteiger partial charge in [0.25, 0.3) is 0 Å². The molecule has 0 unspecified atom stereocenters. The smallest absolute Gasteiger partial charge is 0.224 e. The van der Waals surface area contributed by atoms with Crippen LogP contribution in [0, 0.1) is 5.92 Å². The fourth-order valence-corrected chi connectivity index (χ4v) is 2.45. The predicted octanol–water partition coefficient (Wildman–Crippen LogP) is 1.44. The normalized spacial score (nSPS) is 14.4. The molecule has 4 heteroatoms. The van der Waals surface area contributed by atoms with Gasteiger partial charge in [0, 0.05) is 12.1 Å². The van der Waals surface area contributed by atoms with Crippen LogP contribution in [0.3, 0.4) is 0 Å². The number of imidazole rings is 1. The fraction of sp³-hybridized carbons (Fsp3) is 0.286. The molecule has 1 amide bonds. The first-order chi connectivity index (χ1) is 8.83. The molecule has 1 aromatic heterocycles. The third-order valence-corrected chi connectivity index (χ3v) is 3.43. The van der Waals surface area contributed by atoms with Crippen molar-refractivity contribution in [2.24, 2.45) is 5.92 Å². The second-order valence-electron chi connectivity index (χ2n) is 4.67. The van der Waals surface area contributed by atoms with Crippen LogP contribution in [0.5, 0.6) is 0 Å². The van der Waals surface area contributed by atoms with Gasteiger partial charge < -0.3 is 10.3 Å². The standard InChI is InChI=1S/C14H15N3O/c18-14(16-8-13-7-15-9-17-13)12-5-10-3-1-2-4-11(10)6-12/h1-4,7,9,12H,5-6,8H2,(H,15,17)(H,16,18). The first kappa shape index (κ1) is 11.0. The SMILES string of the molecule is O=C(NCc1cnc[nH]1)C1Cc2ccccc2C1. The Balaban J connectivity index is 1.59. The van der Waals surface area contributed by atoms with Crippen LogP contribution in [-0.4, -0.2) is 15.9 Å². The molecule has 1 aliphatic rings.